The number of carbonyl (C=O) groups excluding carboxylic acids is 1. The van der Waals surface area contributed by atoms with E-state index in [4.69, 9.17) is 4.42 Å². The summed E-state index contributed by atoms with van der Waals surface area (Å²) < 4.78 is 5.40. The lowest BCUT2D eigenvalue weighted by molar-refractivity contribution is 0.0983. The highest BCUT2D eigenvalue weighted by molar-refractivity contribution is 6.15. The molecule has 0 spiro atoms. The van der Waals surface area contributed by atoms with E-state index in [1.807, 2.05) is 31.2 Å². The number of carbonyl (C=O) groups is 1. The minimum Gasteiger partial charge on any atom is -0.507 e. The van der Waals surface area contributed by atoms with Gasteiger partial charge in [0.15, 0.2) is 5.58 Å². The van der Waals surface area contributed by atoms with E-state index in [0.717, 1.165) is 36.1 Å². The van der Waals surface area contributed by atoms with E-state index >= 15 is 0 Å². The van der Waals surface area contributed by atoms with Crippen LogP contribution < -0.4 is 10.5 Å². The van der Waals surface area contributed by atoms with Crippen LogP contribution >= 0.6 is 0 Å². The molecule has 1 aromatic heterocycles. The molecule has 27 heavy (non-hydrogen) atoms. The van der Waals surface area contributed by atoms with Crippen LogP contribution in [-0.4, -0.2) is 17.6 Å². The van der Waals surface area contributed by atoms with Crippen LogP contribution in [0.5, 0.6) is 5.75 Å². The summed E-state index contributed by atoms with van der Waals surface area (Å²) in [5.41, 5.74) is 2.49. The lowest BCUT2D eigenvalue weighted by atomic mass is 9.98. The number of hydrogen-bond donors (Lipinski definition) is 1. The van der Waals surface area contributed by atoms with Crippen LogP contribution in [0.15, 0.2) is 51.7 Å². The number of para-hydroxylation sites is 1. The number of benzene rings is 2. The molecule has 0 aliphatic carbocycles. The zero-order valence-electron chi connectivity index (χ0n) is 15.2. The van der Waals surface area contributed by atoms with Gasteiger partial charge in [-0.05, 0) is 48.6 Å². The molecule has 1 N–H and O–H groups in total. The minimum absolute atomic E-state index is 0.0549. The van der Waals surface area contributed by atoms with Crippen LogP contribution in [0.25, 0.3) is 11.0 Å². The van der Waals surface area contributed by atoms with Gasteiger partial charge in [0.1, 0.15) is 11.3 Å². The highest BCUT2D eigenvalue weighted by Crippen LogP contribution is 2.34. The largest absolute Gasteiger partial charge is 0.507 e. The lowest BCUT2D eigenvalue weighted by Gasteiger charge is -2.29. The van der Waals surface area contributed by atoms with Gasteiger partial charge in [-0.3, -0.25) is 4.79 Å². The normalized spacial score (nSPS) is 13.6. The van der Waals surface area contributed by atoms with Crippen molar-refractivity contribution in [2.75, 3.05) is 11.4 Å². The van der Waals surface area contributed by atoms with E-state index in [1.165, 1.54) is 12.1 Å². The Kier molecular flexibility index (Phi) is 4.44. The molecule has 1 amide bonds. The average molecular weight is 363 g/mol. The Bertz CT molecular complexity index is 1080. The predicted molar refractivity (Wildman–Crippen MR) is 105 cm³/mol. The number of amides is 1. The molecule has 3 aromatic rings. The molecular weight excluding hydrogens is 342 g/mol. The average Bonchev–Trinajstić information content (AvgIpc) is 2.67. The third-order valence-electron chi connectivity index (χ3n) is 5.06. The number of phenols is 1. The van der Waals surface area contributed by atoms with E-state index < -0.39 is 5.63 Å². The van der Waals surface area contributed by atoms with Crippen LogP contribution in [0.3, 0.4) is 0 Å². The number of fused-ring (bicyclic) bond motifs is 2. The van der Waals surface area contributed by atoms with E-state index in [0.29, 0.717) is 18.4 Å². The highest BCUT2D eigenvalue weighted by Gasteiger charge is 2.28. The zero-order chi connectivity index (χ0) is 19.0. The number of nitrogens with zero attached hydrogens (tertiary/aromatic N) is 1. The third-order valence-corrected chi connectivity index (χ3v) is 5.06. The molecule has 0 fully saturated rings. The quantitative estimate of drug-likeness (QED) is 0.713. The predicted octanol–water partition coefficient (Wildman–Crippen LogP) is 4.04. The van der Waals surface area contributed by atoms with Crippen molar-refractivity contribution in [3.05, 3.63) is 69.6 Å². The van der Waals surface area contributed by atoms with E-state index in [1.54, 1.807) is 11.0 Å². The molecular formula is C22H21NO4. The first-order valence-corrected chi connectivity index (χ1v) is 9.28. The van der Waals surface area contributed by atoms with Crippen molar-refractivity contribution >= 4 is 22.6 Å². The lowest BCUT2D eigenvalue weighted by Crippen LogP contribution is -2.35. The van der Waals surface area contributed by atoms with Crippen molar-refractivity contribution in [2.45, 2.75) is 32.6 Å². The van der Waals surface area contributed by atoms with Gasteiger partial charge in [0.2, 0.25) is 0 Å². The zero-order valence-corrected chi connectivity index (χ0v) is 15.2. The highest BCUT2D eigenvalue weighted by atomic mass is 16.4. The van der Waals surface area contributed by atoms with Crippen molar-refractivity contribution < 1.29 is 14.3 Å². The van der Waals surface area contributed by atoms with Gasteiger partial charge in [0.05, 0.1) is 0 Å². The maximum atomic E-state index is 13.4. The summed E-state index contributed by atoms with van der Waals surface area (Å²) in [4.78, 5) is 27.1. The van der Waals surface area contributed by atoms with Crippen molar-refractivity contribution in [1.82, 2.24) is 0 Å². The van der Waals surface area contributed by atoms with Gasteiger partial charge in [-0.15, -0.1) is 0 Å². The number of rotatable bonds is 3. The van der Waals surface area contributed by atoms with Gasteiger partial charge in [-0.1, -0.05) is 31.5 Å². The van der Waals surface area contributed by atoms with Crippen molar-refractivity contribution in [3.8, 4) is 5.75 Å². The molecule has 4 rings (SSSR count). The van der Waals surface area contributed by atoms with Gasteiger partial charge in [-0.25, -0.2) is 4.79 Å². The fourth-order valence-corrected chi connectivity index (χ4v) is 3.84. The summed E-state index contributed by atoms with van der Waals surface area (Å²) in [6.45, 7) is 2.59. The Morgan fingerprint density at radius 1 is 1.22 bits per heavy atom. The first kappa shape index (κ1) is 17.3. The Hall–Kier alpha value is -3.08. The molecule has 0 bridgehead atoms. The fourth-order valence-electron chi connectivity index (χ4n) is 3.84. The number of hydrogen-bond acceptors (Lipinski definition) is 4. The SMILES string of the molecule is CCCc1cc(=O)oc2c(C(=O)N3CCCc4ccccc43)c(O)ccc12. The van der Waals surface area contributed by atoms with Crippen LogP contribution in [0.1, 0.15) is 41.3 Å². The van der Waals surface area contributed by atoms with E-state index in [2.05, 4.69) is 0 Å². The van der Waals surface area contributed by atoms with Crippen LogP contribution in [-0.2, 0) is 12.8 Å². The maximum Gasteiger partial charge on any atom is 0.336 e. The topological polar surface area (TPSA) is 70.8 Å². The molecule has 0 atom stereocenters. The maximum absolute atomic E-state index is 13.4. The van der Waals surface area contributed by atoms with Gasteiger partial charge in [-0.2, -0.15) is 0 Å². The summed E-state index contributed by atoms with van der Waals surface area (Å²) in [5.74, 6) is -0.519. The van der Waals surface area contributed by atoms with Crippen molar-refractivity contribution in [3.63, 3.8) is 0 Å². The Morgan fingerprint density at radius 3 is 2.85 bits per heavy atom. The standard InChI is InChI=1S/C22H21NO4/c1-2-6-15-13-19(25)27-21-16(15)10-11-18(24)20(21)22(26)23-12-5-8-14-7-3-4-9-17(14)23/h3-4,7,9-11,13,24H,2,5-6,8,12H2,1H3. The van der Waals surface area contributed by atoms with Crippen molar-refractivity contribution in [2.24, 2.45) is 0 Å². The molecule has 0 saturated carbocycles. The smallest absolute Gasteiger partial charge is 0.336 e. The number of phenolic OH excluding ortho intramolecular Hbond substituents is 1. The summed E-state index contributed by atoms with van der Waals surface area (Å²) in [6, 6.07) is 12.5. The van der Waals surface area contributed by atoms with Gasteiger partial charge < -0.3 is 14.4 Å². The molecule has 2 aromatic carbocycles. The summed E-state index contributed by atoms with van der Waals surface area (Å²) in [6.07, 6.45) is 3.33. The summed E-state index contributed by atoms with van der Waals surface area (Å²) in [5, 5.41) is 11.2. The summed E-state index contributed by atoms with van der Waals surface area (Å²) in [7, 11) is 0. The Balaban J connectivity index is 1.90. The third kappa shape index (κ3) is 2.99. The molecule has 1 aliphatic rings. The first-order valence-electron chi connectivity index (χ1n) is 9.28. The van der Waals surface area contributed by atoms with Crippen LogP contribution in [0, 0.1) is 0 Å². The minimum atomic E-state index is -0.510. The monoisotopic (exact) mass is 363 g/mol. The number of anilines is 1. The molecule has 0 saturated heterocycles. The van der Waals surface area contributed by atoms with Crippen molar-refractivity contribution in [1.29, 1.82) is 0 Å². The summed E-state index contributed by atoms with van der Waals surface area (Å²) >= 11 is 0. The van der Waals surface area contributed by atoms with Gasteiger partial charge >= 0.3 is 5.63 Å². The molecule has 5 heteroatoms. The molecule has 1 aliphatic heterocycles. The van der Waals surface area contributed by atoms with Crippen LogP contribution in [0.4, 0.5) is 5.69 Å². The second-order valence-electron chi connectivity index (χ2n) is 6.87. The second kappa shape index (κ2) is 6.91. The molecule has 138 valence electrons. The Labute approximate surface area is 156 Å². The van der Waals surface area contributed by atoms with Gasteiger partial charge in [0.25, 0.3) is 5.91 Å². The molecule has 2 heterocycles. The fraction of sp³-hybridized carbons (Fsp3) is 0.273. The van der Waals surface area contributed by atoms with E-state index in [9.17, 15) is 14.7 Å². The molecule has 0 radical (unpaired) electrons. The number of aryl methyl sites for hydroxylation is 2. The van der Waals surface area contributed by atoms with Gasteiger partial charge in [0, 0.05) is 23.7 Å². The van der Waals surface area contributed by atoms with E-state index in [-0.39, 0.29) is 22.8 Å². The second-order valence-corrected chi connectivity index (χ2v) is 6.87. The molecule has 0 unspecified atom stereocenters. The molecule has 5 nitrogen and oxygen atoms in total. The first-order chi connectivity index (χ1) is 13.1. The van der Waals surface area contributed by atoms with Crippen LogP contribution in [0.2, 0.25) is 0 Å². The number of aromatic hydroxyl groups is 1. The Morgan fingerprint density at radius 2 is 2.04 bits per heavy atom.